The molecule has 0 fully saturated rings. The zero-order valence-corrected chi connectivity index (χ0v) is 9.99. The van der Waals surface area contributed by atoms with Crippen LogP contribution >= 0.6 is 0 Å². The summed E-state index contributed by atoms with van der Waals surface area (Å²) in [6.45, 7) is 2.72. The van der Waals surface area contributed by atoms with Crippen LogP contribution in [-0.2, 0) is 19.4 Å². The van der Waals surface area contributed by atoms with Gasteiger partial charge in [-0.3, -0.25) is 9.89 Å². The van der Waals surface area contributed by atoms with Gasteiger partial charge in [0.05, 0.1) is 6.54 Å². The van der Waals surface area contributed by atoms with Crippen molar-refractivity contribution in [3.05, 3.63) is 57.0 Å². The molecule has 0 atom stereocenters. The lowest BCUT2D eigenvalue weighted by Crippen LogP contribution is -2.19. The average Bonchev–Trinajstić information content (AvgIpc) is 2.84. The average molecular weight is 228 g/mol. The van der Waals surface area contributed by atoms with Crippen molar-refractivity contribution in [1.82, 2.24) is 9.78 Å². The lowest BCUT2D eigenvalue weighted by Gasteiger charge is -2.03. The summed E-state index contributed by atoms with van der Waals surface area (Å²) < 4.78 is 1.73. The van der Waals surface area contributed by atoms with Gasteiger partial charge in [0.25, 0.3) is 5.56 Å². The van der Waals surface area contributed by atoms with Crippen LogP contribution in [-0.4, -0.2) is 9.78 Å². The van der Waals surface area contributed by atoms with E-state index in [-0.39, 0.29) is 5.56 Å². The molecule has 17 heavy (non-hydrogen) atoms. The van der Waals surface area contributed by atoms with E-state index in [1.807, 2.05) is 6.07 Å². The topological polar surface area (TPSA) is 37.8 Å². The molecule has 3 nitrogen and oxygen atoms in total. The second kappa shape index (κ2) is 3.91. The van der Waals surface area contributed by atoms with Crippen molar-refractivity contribution in [3.8, 4) is 0 Å². The molecule has 1 aromatic heterocycles. The Morgan fingerprint density at radius 1 is 1.35 bits per heavy atom. The van der Waals surface area contributed by atoms with Crippen molar-refractivity contribution in [2.24, 2.45) is 0 Å². The van der Waals surface area contributed by atoms with Crippen molar-refractivity contribution >= 4 is 0 Å². The molecule has 1 aliphatic rings. The summed E-state index contributed by atoms with van der Waals surface area (Å²) in [6.07, 6.45) is 3.07. The molecule has 0 unspecified atom stereocenters. The van der Waals surface area contributed by atoms with Crippen LogP contribution in [0.25, 0.3) is 0 Å². The first-order valence-corrected chi connectivity index (χ1v) is 6.10. The minimum absolute atomic E-state index is 0.166. The van der Waals surface area contributed by atoms with Crippen LogP contribution < -0.4 is 5.56 Å². The van der Waals surface area contributed by atoms with Crippen LogP contribution in [0.4, 0.5) is 0 Å². The summed E-state index contributed by atoms with van der Waals surface area (Å²) in [5.74, 6) is 0. The highest BCUT2D eigenvalue weighted by Crippen LogP contribution is 2.16. The van der Waals surface area contributed by atoms with Gasteiger partial charge in [0.15, 0.2) is 0 Å². The lowest BCUT2D eigenvalue weighted by molar-refractivity contribution is 0.641. The Balaban J connectivity index is 1.94. The monoisotopic (exact) mass is 228 g/mol. The highest BCUT2D eigenvalue weighted by atomic mass is 16.1. The van der Waals surface area contributed by atoms with E-state index < -0.39 is 0 Å². The zero-order chi connectivity index (χ0) is 11.8. The summed E-state index contributed by atoms with van der Waals surface area (Å²) in [7, 11) is 0. The third kappa shape index (κ3) is 1.82. The van der Waals surface area contributed by atoms with E-state index >= 15 is 0 Å². The Bertz CT molecular complexity index is 607. The second-order valence-electron chi connectivity index (χ2n) is 4.80. The molecule has 88 valence electrons. The number of benzene rings is 1. The quantitative estimate of drug-likeness (QED) is 0.839. The maximum absolute atomic E-state index is 12.1. The number of H-pyrrole nitrogens is 1. The Morgan fingerprint density at radius 2 is 2.24 bits per heavy atom. The van der Waals surface area contributed by atoms with Gasteiger partial charge in [-0.25, -0.2) is 4.68 Å². The molecule has 3 rings (SSSR count). The van der Waals surface area contributed by atoms with Crippen LogP contribution in [0.3, 0.4) is 0 Å². The smallest absolute Gasteiger partial charge is 0.270 e. The summed E-state index contributed by atoms with van der Waals surface area (Å²) in [5.41, 5.74) is 4.71. The molecule has 1 heterocycles. The number of fused-ring (bicyclic) bond motifs is 1. The van der Waals surface area contributed by atoms with Crippen LogP contribution in [0.15, 0.2) is 29.1 Å². The van der Waals surface area contributed by atoms with Crippen LogP contribution in [0.1, 0.15) is 28.8 Å². The predicted octanol–water partition coefficient (Wildman–Crippen LogP) is 2.02. The van der Waals surface area contributed by atoms with Crippen molar-refractivity contribution in [2.45, 2.75) is 32.7 Å². The molecule has 1 N–H and O–H groups in total. The molecule has 3 heteroatoms. The molecular formula is C14H16N2O. The molecule has 0 aliphatic heterocycles. The predicted molar refractivity (Wildman–Crippen MR) is 67.4 cm³/mol. The molecule has 1 aromatic carbocycles. The Morgan fingerprint density at radius 3 is 3.00 bits per heavy atom. The van der Waals surface area contributed by atoms with Gasteiger partial charge in [-0.15, -0.1) is 0 Å². The molecule has 0 spiro atoms. The number of hydrogen-bond donors (Lipinski definition) is 1. The lowest BCUT2D eigenvalue weighted by atomic mass is 10.1. The highest BCUT2D eigenvalue weighted by molar-refractivity contribution is 5.25. The van der Waals surface area contributed by atoms with Gasteiger partial charge < -0.3 is 0 Å². The van der Waals surface area contributed by atoms with Crippen molar-refractivity contribution in [2.75, 3.05) is 0 Å². The molecule has 0 amide bonds. The van der Waals surface area contributed by atoms with E-state index in [0.29, 0.717) is 6.54 Å². The van der Waals surface area contributed by atoms with Gasteiger partial charge in [-0.2, -0.15) is 0 Å². The van der Waals surface area contributed by atoms with E-state index in [2.05, 4.69) is 30.2 Å². The normalized spacial score (nSPS) is 13.9. The van der Waals surface area contributed by atoms with Crippen LogP contribution in [0.2, 0.25) is 0 Å². The van der Waals surface area contributed by atoms with Gasteiger partial charge >= 0.3 is 0 Å². The first kappa shape index (κ1) is 10.4. The van der Waals surface area contributed by atoms with Crippen molar-refractivity contribution < 1.29 is 0 Å². The minimum atomic E-state index is 0.166. The van der Waals surface area contributed by atoms with Crippen LogP contribution in [0.5, 0.6) is 0 Å². The van der Waals surface area contributed by atoms with E-state index in [0.717, 1.165) is 30.5 Å². The maximum atomic E-state index is 12.1. The van der Waals surface area contributed by atoms with Gasteiger partial charge in [-0.1, -0.05) is 29.8 Å². The fourth-order valence-electron chi connectivity index (χ4n) is 2.58. The summed E-state index contributed by atoms with van der Waals surface area (Å²) in [6, 6.07) is 8.29. The standard InChI is InChI=1S/C14H16N2O/c1-10-4-2-5-11(8-10)9-16-14(17)12-6-3-7-13(12)15-16/h2,4-5,8,15H,3,6-7,9H2,1H3. The Hall–Kier alpha value is -1.77. The number of nitrogens with zero attached hydrogens (tertiary/aromatic N) is 1. The highest BCUT2D eigenvalue weighted by Gasteiger charge is 2.18. The summed E-state index contributed by atoms with van der Waals surface area (Å²) >= 11 is 0. The Kier molecular flexibility index (Phi) is 2.39. The number of aromatic nitrogens is 2. The molecule has 0 bridgehead atoms. The molecule has 0 saturated carbocycles. The number of aryl methyl sites for hydroxylation is 2. The second-order valence-corrected chi connectivity index (χ2v) is 4.80. The largest absolute Gasteiger partial charge is 0.299 e. The molecular weight excluding hydrogens is 212 g/mol. The first-order chi connectivity index (χ1) is 8.24. The first-order valence-electron chi connectivity index (χ1n) is 6.10. The van der Waals surface area contributed by atoms with Crippen molar-refractivity contribution in [1.29, 1.82) is 0 Å². The molecule has 0 saturated heterocycles. The van der Waals surface area contributed by atoms with E-state index in [1.54, 1.807) is 4.68 Å². The van der Waals surface area contributed by atoms with Crippen molar-refractivity contribution in [3.63, 3.8) is 0 Å². The third-order valence-electron chi connectivity index (χ3n) is 3.41. The molecule has 0 radical (unpaired) electrons. The van der Waals surface area contributed by atoms with Gasteiger partial charge in [0.1, 0.15) is 0 Å². The van der Waals surface area contributed by atoms with Gasteiger partial charge in [0.2, 0.25) is 0 Å². The van der Waals surface area contributed by atoms with Gasteiger partial charge in [-0.05, 0) is 31.7 Å². The number of nitrogens with one attached hydrogen (secondary N) is 1. The summed E-state index contributed by atoms with van der Waals surface area (Å²) in [5, 5.41) is 3.23. The SMILES string of the molecule is Cc1cccc(Cn2[nH]c3c(c2=O)CCC3)c1. The number of rotatable bonds is 2. The number of hydrogen-bond acceptors (Lipinski definition) is 1. The maximum Gasteiger partial charge on any atom is 0.270 e. The fourth-order valence-corrected chi connectivity index (χ4v) is 2.58. The van der Waals surface area contributed by atoms with E-state index in [4.69, 9.17) is 0 Å². The minimum Gasteiger partial charge on any atom is -0.299 e. The third-order valence-corrected chi connectivity index (χ3v) is 3.41. The zero-order valence-electron chi connectivity index (χ0n) is 9.99. The van der Waals surface area contributed by atoms with Crippen LogP contribution in [0, 0.1) is 6.92 Å². The van der Waals surface area contributed by atoms with E-state index in [1.165, 1.54) is 11.1 Å². The number of aromatic amines is 1. The molecule has 1 aliphatic carbocycles. The molecule has 2 aromatic rings. The van der Waals surface area contributed by atoms with Gasteiger partial charge in [0, 0.05) is 11.3 Å². The fraction of sp³-hybridized carbons (Fsp3) is 0.357. The Labute approximate surface area is 100 Å². The van der Waals surface area contributed by atoms with E-state index in [9.17, 15) is 4.79 Å². The summed E-state index contributed by atoms with van der Waals surface area (Å²) in [4.78, 5) is 12.1.